The van der Waals surface area contributed by atoms with Gasteiger partial charge in [-0.15, -0.1) is 0 Å². The van der Waals surface area contributed by atoms with Crippen molar-refractivity contribution in [2.24, 2.45) is 0 Å². The summed E-state index contributed by atoms with van der Waals surface area (Å²) in [5.41, 5.74) is -0.913. The zero-order chi connectivity index (χ0) is 13.3. The number of alkyl halides is 3. The van der Waals surface area contributed by atoms with Crippen LogP contribution in [0.1, 0.15) is 5.56 Å². The zero-order valence-electron chi connectivity index (χ0n) is 8.93. The van der Waals surface area contributed by atoms with Crippen molar-refractivity contribution in [1.29, 1.82) is 0 Å². The van der Waals surface area contributed by atoms with Gasteiger partial charge in [-0.2, -0.15) is 13.2 Å². The third-order valence-electron chi connectivity index (χ3n) is 2.38. The average Bonchev–Trinajstić information content (AvgIpc) is 2.27. The van der Waals surface area contributed by atoms with Gasteiger partial charge in [0, 0.05) is 0 Å². The molecule has 18 heavy (non-hydrogen) atoms. The molecule has 0 saturated carbocycles. The fourth-order valence-electron chi connectivity index (χ4n) is 1.59. The third-order valence-corrected chi connectivity index (χ3v) is 2.38. The van der Waals surface area contributed by atoms with E-state index in [1.807, 2.05) is 0 Å². The minimum Gasteiger partial charge on any atom is -0.207 e. The predicted molar refractivity (Wildman–Crippen MR) is 56.8 cm³/mol. The fourth-order valence-corrected chi connectivity index (χ4v) is 1.59. The highest BCUT2D eigenvalue weighted by molar-refractivity contribution is 5.64. The van der Waals surface area contributed by atoms with Crippen LogP contribution >= 0.6 is 0 Å². The molecule has 0 unspecified atom stereocenters. The maximum Gasteiger partial charge on any atom is 0.416 e. The van der Waals surface area contributed by atoms with Crippen LogP contribution < -0.4 is 0 Å². The van der Waals surface area contributed by atoms with E-state index in [4.69, 9.17) is 0 Å². The van der Waals surface area contributed by atoms with Crippen molar-refractivity contribution < 1.29 is 22.0 Å². The monoisotopic (exact) mass is 258 g/mol. The van der Waals surface area contributed by atoms with E-state index in [0.29, 0.717) is 6.07 Å². The molecule has 0 saturated heterocycles. The molecule has 0 heterocycles. The number of rotatable bonds is 1. The van der Waals surface area contributed by atoms with Crippen LogP contribution in [0.15, 0.2) is 42.5 Å². The van der Waals surface area contributed by atoms with Crippen molar-refractivity contribution in [2.45, 2.75) is 6.18 Å². The maximum atomic E-state index is 13.2. The molecule has 2 aromatic carbocycles. The van der Waals surface area contributed by atoms with Crippen LogP contribution in [0.2, 0.25) is 0 Å². The van der Waals surface area contributed by atoms with E-state index in [1.165, 1.54) is 12.1 Å². The SMILES string of the molecule is Fc1cccc(-c2cc(F)cc(C(F)(F)F)c2)c1. The molecule has 2 rings (SSSR count). The number of hydrogen-bond donors (Lipinski definition) is 0. The van der Waals surface area contributed by atoms with E-state index in [0.717, 1.165) is 24.3 Å². The van der Waals surface area contributed by atoms with Crippen LogP contribution in [-0.4, -0.2) is 0 Å². The normalized spacial score (nSPS) is 11.6. The summed E-state index contributed by atoms with van der Waals surface area (Å²) in [5, 5.41) is 0. The van der Waals surface area contributed by atoms with Gasteiger partial charge in [0.05, 0.1) is 5.56 Å². The lowest BCUT2D eigenvalue weighted by Crippen LogP contribution is -2.05. The summed E-state index contributed by atoms with van der Waals surface area (Å²) in [6.07, 6.45) is -4.63. The highest BCUT2D eigenvalue weighted by Crippen LogP contribution is 2.33. The molecular formula is C13H7F5. The molecule has 0 aliphatic heterocycles. The van der Waals surface area contributed by atoms with E-state index in [-0.39, 0.29) is 11.1 Å². The van der Waals surface area contributed by atoms with Crippen molar-refractivity contribution in [3.05, 3.63) is 59.7 Å². The molecule has 0 aromatic heterocycles. The first kappa shape index (κ1) is 12.5. The number of hydrogen-bond acceptors (Lipinski definition) is 0. The Labute approximate surface area is 99.7 Å². The molecule has 5 heteroatoms. The van der Waals surface area contributed by atoms with Gasteiger partial charge >= 0.3 is 6.18 Å². The minimum absolute atomic E-state index is 0.0122. The molecule has 0 aliphatic carbocycles. The second-order valence-corrected chi connectivity index (χ2v) is 3.74. The number of halogens is 5. The predicted octanol–water partition coefficient (Wildman–Crippen LogP) is 4.65. The summed E-state index contributed by atoms with van der Waals surface area (Å²) >= 11 is 0. The molecule has 0 amide bonds. The molecule has 0 nitrogen and oxygen atoms in total. The Morgan fingerprint density at radius 2 is 1.39 bits per heavy atom. The van der Waals surface area contributed by atoms with Crippen molar-refractivity contribution in [2.75, 3.05) is 0 Å². The quantitative estimate of drug-likeness (QED) is 0.653. The van der Waals surface area contributed by atoms with E-state index in [9.17, 15) is 22.0 Å². The van der Waals surface area contributed by atoms with Crippen molar-refractivity contribution >= 4 is 0 Å². The highest BCUT2D eigenvalue weighted by Gasteiger charge is 2.31. The highest BCUT2D eigenvalue weighted by atomic mass is 19.4. The second-order valence-electron chi connectivity index (χ2n) is 3.74. The van der Waals surface area contributed by atoms with Crippen LogP contribution in [0.25, 0.3) is 11.1 Å². The maximum absolute atomic E-state index is 13.2. The Morgan fingerprint density at radius 3 is 2.00 bits per heavy atom. The van der Waals surface area contributed by atoms with Crippen LogP contribution in [0.4, 0.5) is 22.0 Å². The Morgan fingerprint density at radius 1 is 0.722 bits per heavy atom. The van der Waals surface area contributed by atoms with Gasteiger partial charge in [-0.1, -0.05) is 12.1 Å². The molecule has 0 spiro atoms. The Bertz CT molecular complexity index is 572. The standard InChI is InChI=1S/C13H7F5/c14-11-3-1-2-8(5-11)9-4-10(13(16,17)18)7-12(15)6-9/h1-7H. The first-order chi connectivity index (χ1) is 8.36. The van der Waals surface area contributed by atoms with Crippen molar-refractivity contribution in [1.82, 2.24) is 0 Å². The Hall–Kier alpha value is -1.91. The van der Waals surface area contributed by atoms with Gasteiger partial charge in [0.25, 0.3) is 0 Å². The summed E-state index contributed by atoms with van der Waals surface area (Å²) < 4.78 is 63.6. The zero-order valence-corrected chi connectivity index (χ0v) is 8.93. The second kappa shape index (κ2) is 4.40. The summed E-state index contributed by atoms with van der Waals surface area (Å²) in [4.78, 5) is 0. The summed E-state index contributed by atoms with van der Waals surface area (Å²) in [5.74, 6) is -1.60. The first-order valence-electron chi connectivity index (χ1n) is 5.00. The van der Waals surface area contributed by atoms with Gasteiger partial charge in [-0.25, -0.2) is 8.78 Å². The van der Waals surface area contributed by atoms with Gasteiger partial charge in [-0.05, 0) is 41.5 Å². The van der Waals surface area contributed by atoms with Crippen LogP contribution in [0.3, 0.4) is 0 Å². The minimum atomic E-state index is -4.63. The lowest BCUT2D eigenvalue weighted by atomic mass is 10.0. The van der Waals surface area contributed by atoms with Crippen LogP contribution in [0.5, 0.6) is 0 Å². The van der Waals surface area contributed by atoms with Gasteiger partial charge in [0.15, 0.2) is 0 Å². The van der Waals surface area contributed by atoms with E-state index >= 15 is 0 Å². The lowest BCUT2D eigenvalue weighted by molar-refractivity contribution is -0.137. The molecule has 0 atom stereocenters. The van der Waals surface area contributed by atoms with E-state index < -0.39 is 23.4 Å². The van der Waals surface area contributed by atoms with Gasteiger partial charge < -0.3 is 0 Å². The number of benzene rings is 2. The van der Waals surface area contributed by atoms with E-state index in [1.54, 1.807) is 0 Å². The van der Waals surface area contributed by atoms with Gasteiger partial charge in [0.1, 0.15) is 11.6 Å². The smallest absolute Gasteiger partial charge is 0.207 e. The first-order valence-corrected chi connectivity index (χ1v) is 5.00. The molecule has 0 N–H and O–H groups in total. The molecular weight excluding hydrogens is 251 g/mol. The lowest BCUT2D eigenvalue weighted by Gasteiger charge is -2.09. The third kappa shape index (κ3) is 2.67. The molecule has 0 aliphatic rings. The molecule has 0 radical (unpaired) electrons. The average molecular weight is 258 g/mol. The Balaban J connectivity index is 2.55. The van der Waals surface area contributed by atoms with Crippen molar-refractivity contribution in [3.8, 4) is 11.1 Å². The van der Waals surface area contributed by atoms with Crippen molar-refractivity contribution in [3.63, 3.8) is 0 Å². The van der Waals surface area contributed by atoms with Gasteiger partial charge in [-0.3, -0.25) is 0 Å². The van der Waals surface area contributed by atoms with E-state index in [2.05, 4.69) is 0 Å². The summed E-state index contributed by atoms with van der Waals surface area (Å²) in [6, 6.07) is 7.11. The molecule has 94 valence electrons. The molecule has 0 bridgehead atoms. The molecule has 2 aromatic rings. The Kier molecular flexibility index (Phi) is 3.07. The van der Waals surface area contributed by atoms with Crippen LogP contribution in [-0.2, 0) is 6.18 Å². The topological polar surface area (TPSA) is 0 Å². The largest absolute Gasteiger partial charge is 0.416 e. The molecule has 0 fully saturated rings. The van der Waals surface area contributed by atoms with Crippen LogP contribution in [0, 0.1) is 11.6 Å². The fraction of sp³-hybridized carbons (Fsp3) is 0.0769. The summed E-state index contributed by atoms with van der Waals surface area (Å²) in [6.45, 7) is 0. The van der Waals surface area contributed by atoms with Gasteiger partial charge in [0.2, 0.25) is 0 Å². The summed E-state index contributed by atoms with van der Waals surface area (Å²) in [7, 11) is 0.